The number of alkyl halides is 3. The van der Waals surface area contributed by atoms with Gasteiger partial charge in [-0.1, -0.05) is 12.6 Å². The lowest BCUT2D eigenvalue weighted by Gasteiger charge is -2.10. The lowest BCUT2D eigenvalue weighted by atomic mass is 10.2. The quantitative estimate of drug-likeness (QED) is 0.825. The van der Waals surface area contributed by atoms with E-state index in [0.29, 0.717) is 16.9 Å². The molecule has 1 aromatic rings. The maximum Gasteiger partial charge on any atom is 0.415 e. The van der Waals surface area contributed by atoms with Gasteiger partial charge in [-0.25, -0.2) is 0 Å². The SMILES string of the molecule is C=C(/C=C(/C)Nc1cccc(C#N)c1)C(F)(F)F. The molecule has 0 spiro atoms. The summed E-state index contributed by atoms with van der Waals surface area (Å²) in [4.78, 5) is 0. The minimum absolute atomic E-state index is 0.299. The van der Waals surface area contributed by atoms with Crippen LogP contribution in [-0.4, -0.2) is 6.18 Å². The summed E-state index contributed by atoms with van der Waals surface area (Å²) in [6.07, 6.45) is -3.52. The highest BCUT2D eigenvalue weighted by Crippen LogP contribution is 2.26. The van der Waals surface area contributed by atoms with E-state index in [0.717, 1.165) is 6.08 Å². The number of allylic oxidation sites excluding steroid dienone is 3. The van der Waals surface area contributed by atoms with Crippen LogP contribution in [-0.2, 0) is 0 Å². The average Bonchev–Trinajstić information content (AvgIpc) is 2.27. The molecule has 0 aromatic heterocycles. The molecule has 18 heavy (non-hydrogen) atoms. The number of nitrogens with zero attached hydrogens (tertiary/aromatic N) is 1. The summed E-state index contributed by atoms with van der Waals surface area (Å²) in [5.74, 6) is 0. The highest BCUT2D eigenvalue weighted by Gasteiger charge is 2.30. The van der Waals surface area contributed by atoms with Crippen LogP contribution in [0.5, 0.6) is 0 Å². The van der Waals surface area contributed by atoms with Gasteiger partial charge in [-0.15, -0.1) is 0 Å². The Balaban J connectivity index is 2.82. The molecule has 0 saturated heterocycles. The van der Waals surface area contributed by atoms with Crippen LogP contribution in [0.3, 0.4) is 0 Å². The van der Waals surface area contributed by atoms with Gasteiger partial charge in [0.2, 0.25) is 0 Å². The van der Waals surface area contributed by atoms with Crippen molar-refractivity contribution in [1.29, 1.82) is 5.26 Å². The summed E-state index contributed by atoms with van der Waals surface area (Å²) in [7, 11) is 0. The van der Waals surface area contributed by atoms with Crippen molar-refractivity contribution in [2.24, 2.45) is 0 Å². The first kappa shape index (κ1) is 13.8. The summed E-state index contributed by atoms with van der Waals surface area (Å²) >= 11 is 0. The zero-order valence-electron chi connectivity index (χ0n) is 9.67. The van der Waals surface area contributed by atoms with Gasteiger partial charge in [0.05, 0.1) is 17.2 Å². The Kier molecular flexibility index (Phi) is 4.16. The molecule has 0 atom stereocenters. The van der Waals surface area contributed by atoms with Crippen molar-refractivity contribution in [2.75, 3.05) is 5.32 Å². The highest BCUT2D eigenvalue weighted by molar-refractivity contribution is 5.53. The smallest absolute Gasteiger partial charge is 0.359 e. The molecule has 5 heteroatoms. The minimum Gasteiger partial charge on any atom is -0.359 e. The van der Waals surface area contributed by atoms with Crippen LogP contribution in [0.4, 0.5) is 18.9 Å². The Morgan fingerprint density at radius 3 is 2.67 bits per heavy atom. The monoisotopic (exact) mass is 252 g/mol. The first-order valence-electron chi connectivity index (χ1n) is 5.04. The largest absolute Gasteiger partial charge is 0.415 e. The topological polar surface area (TPSA) is 35.8 Å². The Morgan fingerprint density at radius 1 is 1.44 bits per heavy atom. The maximum atomic E-state index is 12.3. The molecule has 1 N–H and O–H groups in total. The molecule has 0 bridgehead atoms. The van der Waals surface area contributed by atoms with Crippen molar-refractivity contribution in [2.45, 2.75) is 13.1 Å². The van der Waals surface area contributed by atoms with Crippen LogP contribution < -0.4 is 5.32 Å². The maximum absolute atomic E-state index is 12.3. The number of hydrogen-bond acceptors (Lipinski definition) is 2. The third-order valence-electron chi connectivity index (χ3n) is 2.09. The highest BCUT2D eigenvalue weighted by atomic mass is 19.4. The van der Waals surface area contributed by atoms with E-state index in [9.17, 15) is 13.2 Å². The second-order valence-corrected chi connectivity index (χ2v) is 3.67. The van der Waals surface area contributed by atoms with Gasteiger partial charge < -0.3 is 5.32 Å². The van der Waals surface area contributed by atoms with E-state index in [4.69, 9.17) is 5.26 Å². The molecular weight excluding hydrogens is 241 g/mol. The zero-order valence-corrected chi connectivity index (χ0v) is 9.67. The van der Waals surface area contributed by atoms with Crippen LogP contribution in [0.15, 0.2) is 48.2 Å². The zero-order chi connectivity index (χ0) is 13.8. The van der Waals surface area contributed by atoms with Gasteiger partial charge in [0, 0.05) is 11.4 Å². The summed E-state index contributed by atoms with van der Waals surface area (Å²) < 4.78 is 36.8. The molecule has 0 unspecified atom stereocenters. The van der Waals surface area contributed by atoms with Crippen LogP contribution in [0.2, 0.25) is 0 Å². The first-order valence-corrected chi connectivity index (χ1v) is 5.04. The molecule has 0 saturated carbocycles. The second kappa shape index (κ2) is 5.41. The lowest BCUT2D eigenvalue weighted by Crippen LogP contribution is -2.10. The number of nitrogens with one attached hydrogen (secondary N) is 1. The second-order valence-electron chi connectivity index (χ2n) is 3.67. The third kappa shape index (κ3) is 3.98. The van der Waals surface area contributed by atoms with Gasteiger partial charge in [0.1, 0.15) is 0 Å². The summed E-state index contributed by atoms with van der Waals surface area (Å²) in [6, 6.07) is 8.41. The molecule has 0 aliphatic rings. The van der Waals surface area contributed by atoms with E-state index in [1.165, 1.54) is 6.92 Å². The molecule has 2 nitrogen and oxygen atoms in total. The molecule has 1 rings (SSSR count). The number of halogens is 3. The van der Waals surface area contributed by atoms with Gasteiger partial charge in [0.15, 0.2) is 0 Å². The third-order valence-corrected chi connectivity index (χ3v) is 2.09. The molecule has 0 radical (unpaired) electrons. The van der Waals surface area contributed by atoms with Crippen molar-refractivity contribution in [3.8, 4) is 6.07 Å². The molecule has 0 fully saturated rings. The molecule has 1 aromatic carbocycles. The van der Waals surface area contributed by atoms with E-state index in [1.807, 2.05) is 6.07 Å². The van der Waals surface area contributed by atoms with Crippen LogP contribution in [0.1, 0.15) is 12.5 Å². The van der Waals surface area contributed by atoms with Gasteiger partial charge in [-0.3, -0.25) is 0 Å². The number of benzene rings is 1. The molecule has 0 aliphatic carbocycles. The fourth-order valence-electron chi connectivity index (χ4n) is 1.27. The normalized spacial score (nSPS) is 11.8. The average molecular weight is 252 g/mol. The van der Waals surface area contributed by atoms with E-state index >= 15 is 0 Å². The Bertz CT molecular complexity index is 522. The Labute approximate surface area is 103 Å². The van der Waals surface area contributed by atoms with E-state index in [2.05, 4.69) is 11.9 Å². The molecule has 0 amide bonds. The number of anilines is 1. The summed E-state index contributed by atoms with van der Waals surface area (Å²) in [5.41, 5.74) is 0.358. The first-order chi connectivity index (χ1) is 8.32. The van der Waals surface area contributed by atoms with Gasteiger partial charge in [-0.05, 0) is 31.2 Å². The molecular formula is C13H11F3N2. The van der Waals surface area contributed by atoms with Crippen molar-refractivity contribution in [3.63, 3.8) is 0 Å². The summed E-state index contributed by atoms with van der Waals surface area (Å²) in [6.45, 7) is 4.44. The Morgan fingerprint density at radius 2 is 2.11 bits per heavy atom. The van der Waals surface area contributed by atoms with Crippen molar-refractivity contribution in [1.82, 2.24) is 0 Å². The van der Waals surface area contributed by atoms with E-state index < -0.39 is 11.7 Å². The van der Waals surface area contributed by atoms with Crippen LogP contribution in [0.25, 0.3) is 0 Å². The van der Waals surface area contributed by atoms with Crippen molar-refractivity contribution < 1.29 is 13.2 Å². The number of nitriles is 1. The summed E-state index contributed by atoms with van der Waals surface area (Å²) in [5, 5.41) is 11.5. The van der Waals surface area contributed by atoms with Gasteiger partial charge >= 0.3 is 6.18 Å². The minimum atomic E-state index is -4.43. The lowest BCUT2D eigenvalue weighted by molar-refractivity contribution is -0.0878. The fraction of sp³-hybridized carbons (Fsp3) is 0.154. The molecule has 94 valence electrons. The number of hydrogen-bond donors (Lipinski definition) is 1. The fourth-order valence-corrected chi connectivity index (χ4v) is 1.27. The van der Waals surface area contributed by atoms with Gasteiger partial charge in [0.25, 0.3) is 0 Å². The predicted octanol–water partition coefficient (Wildman–Crippen LogP) is 3.99. The molecule has 0 heterocycles. The van der Waals surface area contributed by atoms with Crippen molar-refractivity contribution in [3.05, 3.63) is 53.8 Å². The Hall–Kier alpha value is -2.22. The van der Waals surface area contributed by atoms with E-state index in [-0.39, 0.29) is 0 Å². The van der Waals surface area contributed by atoms with Crippen molar-refractivity contribution >= 4 is 5.69 Å². The van der Waals surface area contributed by atoms with Crippen LogP contribution in [0, 0.1) is 11.3 Å². The number of rotatable bonds is 3. The van der Waals surface area contributed by atoms with E-state index in [1.54, 1.807) is 24.3 Å². The molecule has 0 aliphatic heterocycles. The predicted molar refractivity (Wildman–Crippen MR) is 63.7 cm³/mol. The van der Waals surface area contributed by atoms with Gasteiger partial charge in [-0.2, -0.15) is 18.4 Å². The standard InChI is InChI=1S/C13H11F3N2/c1-9(13(14,15)16)6-10(2)18-12-5-3-4-11(7-12)8-17/h3-7,18H,1H2,2H3/b10-6-. The van der Waals surface area contributed by atoms with Crippen LogP contribution >= 0.6 is 0 Å².